The van der Waals surface area contributed by atoms with E-state index in [2.05, 4.69) is 42.2 Å². The Balaban J connectivity index is 1.11. The molecular weight excluding hydrogens is 468 g/mol. The minimum absolute atomic E-state index is 0.127. The topological polar surface area (TPSA) is 74.8 Å². The molecule has 5 heterocycles. The van der Waals surface area contributed by atoms with Gasteiger partial charge in [0.2, 0.25) is 12.1 Å². The van der Waals surface area contributed by atoms with E-state index < -0.39 is 24.0 Å². The SMILES string of the molecule is C[C@H]1[C@H](Oc2ccc(-c3cc(-c4ccccc4)n[nH]3)cc2)O[C@@H]2O[C@@]3(C)CC[C@H]4[C@H](C)CC[C@@H]1[C@@]24OO3. The Morgan fingerprint density at radius 1 is 0.919 bits per heavy atom. The van der Waals surface area contributed by atoms with Crippen LogP contribution < -0.4 is 4.74 Å². The Morgan fingerprint density at radius 2 is 1.73 bits per heavy atom. The number of rotatable bonds is 4. The molecule has 3 aromatic rings. The van der Waals surface area contributed by atoms with Crippen LogP contribution in [0.1, 0.15) is 46.5 Å². The van der Waals surface area contributed by atoms with Gasteiger partial charge in [0.1, 0.15) is 5.75 Å². The number of nitrogens with zero attached hydrogens (tertiary/aromatic N) is 1. The Kier molecular flexibility index (Phi) is 5.48. The lowest BCUT2D eigenvalue weighted by molar-refractivity contribution is -0.575. The third-order valence-corrected chi connectivity index (χ3v) is 9.16. The van der Waals surface area contributed by atoms with Crippen LogP contribution >= 0.6 is 0 Å². The minimum atomic E-state index is -0.785. The lowest BCUT2D eigenvalue weighted by Crippen LogP contribution is -2.70. The quantitative estimate of drug-likeness (QED) is 0.420. The summed E-state index contributed by atoms with van der Waals surface area (Å²) in [6.45, 7) is 6.49. The van der Waals surface area contributed by atoms with E-state index in [4.69, 9.17) is 24.0 Å². The molecule has 37 heavy (non-hydrogen) atoms. The highest BCUT2D eigenvalue weighted by Gasteiger charge is 2.69. The highest BCUT2D eigenvalue weighted by Crippen LogP contribution is 2.60. The fourth-order valence-corrected chi connectivity index (χ4v) is 7.08. The van der Waals surface area contributed by atoms with Gasteiger partial charge in [0, 0.05) is 23.8 Å². The predicted octanol–water partition coefficient (Wildman–Crippen LogP) is 6.33. The number of nitrogens with one attached hydrogen (secondary N) is 1. The second-order valence-electron chi connectivity index (χ2n) is 11.4. The first-order chi connectivity index (χ1) is 18.0. The predicted molar refractivity (Wildman–Crippen MR) is 137 cm³/mol. The molecule has 0 amide bonds. The van der Waals surface area contributed by atoms with E-state index in [9.17, 15) is 0 Å². The van der Waals surface area contributed by atoms with Gasteiger partial charge in [-0.2, -0.15) is 5.10 Å². The Bertz CT molecular complexity index is 1260. The van der Waals surface area contributed by atoms with Gasteiger partial charge >= 0.3 is 0 Å². The fourth-order valence-electron chi connectivity index (χ4n) is 7.08. The summed E-state index contributed by atoms with van der Waals surface area (Å²) < 4.78 is 19.5. The van der Waals surface area contributed by atoms with Crippen LogP contribution in [-0.2, 0) is 19.2 Å². The fraction of sp³-hybridized carbons (Fsp3) is 0.500. The van der Waals surface area contributed by atoms with Crippen LogP contribution in [0.4, 0.5) is 0 Å². The van der Waals surface area contributed by atoms with Gasteiger partial charge in [-0.25, -0.2) is 9.78 Å². The molecule has 194 valence electrons. The van der Waals surface area contributed by atoms with Crippen molar-refractivity contribution >= 4 is 0 Å². The normalized spacial score (nSPS) is 38.6. The first-order valence-corrected chi connectivity index (χ1v) is 13.5. The Hall–Kier alpha value is -2.71. The van der Waals surface area contributed by atoms with Gasteiger partial charge in [-0.05, 0) is 73.9 Å². The summed E-state index contributed by atoms with van der Waals surface area (Å²) in [5.74, 6) is 1.23. The second-order valence-corrected chi connectivity index (χ2v) is 11.4. The molecule has 8 rings (SSSR count). The largest absolute Gasteiger partial charge is 0.465 e. The standard InChI is InChI=1S/C30H34N2O5/c1-18-9-14-24-19(2)27(34-28-30(24)23(18)15-16-29(3,35-28)36-37-30)33-22-12-10-21(11-13-22)26-17-25(31-32-26)20-7-5-4-6-8-20/h4-8,10-13,17-19,23-24,27-28H,9,14-16H2,1-3H3,(H,31,32)/t18-,19-,23+,24+,27-,28-,29-,30-/m1/s1. The van der Waals surface area contributed by atoms with Gasteiger partial charge in [-0.3, -0.25) is 5.10 Å². The van der Waals surface area contributed by atoms with Crippen molar-refractivity contribution in [3.63, 3.8) is 0 Å². The van der Waals surface area contributed by atoms with Crippen molar-refractivity contribution in [3.05, 3.63) is 60.7 Å². The molecule has 1 N–H and O–H groups in total. The Morgan fingerprint density at radius 3 is 2.54 bits per heavy atom. The van der Waals surface area contributed by atoms with Crippen molar-refractivity contribution in [1.29, 1.82) is 0 Å². The van der Waals surface area contributed by atoms with Crippen LogP contribution in [0.2, 0.25) is 0 Å². The number of aromatic nitrogens is 2. The number of ether oxygens (including phenoxy) is 3. The molecule has 2 bridgehead atoms. The number of fused-ring (bicyclic) bond motifs is 2. The molecule has 2 aromatic carbocycles. The summed E-state index contributed by atoms with van der Waals surface area (Å²) in [5.41, 5.74) is 3.44. The maximum Gasteiger partial charge on any atom is 0.205 e. The van der Waals surface area contributed by atoms with Crippen molar-refractivity contribution in [2.75, 3.05) is 0 Å². The lowest BCUT2D eigenvalue weighted by Gasteiger charge is -2.60. The number of benzene rings is 2. The summed E-state index contributed by atoms with van der Waals surface area (Å²) in [5, 5.41) is 7.63. The maximum absolute atomic E-state index is 6.56. The average Bonchev–Trinajstić information content (AvgIpc) is 3.30. The van der Waals surface area contributed by atoms with Gasteiger partial charge in [0.15, 0.2) is 11.9 Å². The zero-order valence-corrected chi connectivity index (χ0v) is 21.6. The van der Waals surface area contributed by atoms with Crippen LogP contribution in [0.5, 0.6) is 5.75 Å². The molecular formula is C30H34N2O5. The molecule has 5 fully saturated rings. The molecule has 7 heteroatoms. The van der Waals surface area contributed by atoms with Crippen LogP contribution in [0.25, 0.3) is 22.5 Å². The lowest BCUT2D eigenvalue weighted by atomic mass is 9.58. The van der Waals surface area contributed by atoms with E-state index in [-0.39, 0.29) is 11.8 Å². The van der Waals surface area contributed by atoms with E-state index in [0.29, 0.717) is 11.8 Å². The van der Waals surface area contributed by atoms with Crippen molar-refractivity contribution < 1.29 is 24.0 Å². The van der Waals surface area contributed by atoms with Crippen LogP contribution in [-0.4, -0.2) is 34.2 Å². The monoisotopic (exact) mass is 502 g/mol. The molecule has 1 aromatic heterocycles. The molecule has 8 atom stereocenters. The van der Waals surface area contributed by atoms with Crippen molar-refractivity contribution in [3.8, 4) is 28.3 Å². The highest BCUT2D eigenvalue weighted by atomic mass is 17.3. The molecule has 0 unspecified atom stereocenters. The molecule has 7 nitrogen and oxygen atoms in total. The van der Waals surface area contributed by atoms with Crippen molar-refractivity contribution in [2.24, 2.45) is 23.7 Å². The molecule has 0 radical (unpaired) electrons. The molecule has 5 aliphatic rings. The van der Waals surface area contributed by atoms with Crippen LogP contribution in [0.15, 0.2) is 60.7 Å². The van der Waals surface area contributed by atoms with Gasteiger partial charge in [0.25, 0.3) is 0 Å². The zero-order valence-electron chi connectivity index (χ0n) is 21.6. The summed E-state index contributed by atoms with van der Waals surface area (Å²) in [4.78, 5) is 12.2. The van der Waals surface area contributed by atoms with Crippen LogP contribution in [0, 0.1) is 23.7 Å². The molecule has 1 spiro atoms. The molecule has 1 aliphatic carbocycles. The summed E-state index contributed by atoms with van der Waals surface area (Å²) >= 11 is 0. The van der Waals surface area contributed by atoms with E-state index in [1.54, 1.807) is 0 Å². The van der Waals surface area contributed by atoms with Gasteiger partial charge in [-0.15, -0.1) is 0 Å². The first-order valence-electron chi connectivity index (χ1n) is 13.5. The summed E-state index contributed by atoms with van der Waals surface area (Å²) in [6.07, 6.45) is 3.11. The molecule has 1 saturated carbocycles. The first kappa shape index (κ1) is 23.4. The summed E-state index contributed by atoms with van der Waals surface area (Å²) in [7, 11) is 0. The maximum atomic E-state index is 6.56. The number of aromatic amines is 1. The van der Waals surface area contributed by atoms with Gasteiger partial charge < -0.3 is 14.2 Å². The molecule has 4 saturated heterocycles. The zero-order chi connectivity index (χ0) is 25.2. The van der Waals surface area contributed by atoms with Crippen molar-refractivity contribution in [2.45, 2.75) is 70.4 Å². The number of hydrogen-bond acceptors (Lipinski definition) is 6. The third kappa shape index (κ3) is 3.75. The van der Waals surface area contributed by atoms with E-state index in [0.717, 1.165) is 47.5 Å². The number of H-pyrrole nitrogens is 1. The number of hydrogen-bond donors (Lipinski definition) is 1. The van der Waals surface area contributed by atoms with Gasteiger partial charge in [-0.1, -0.05) is 44.2 Å². The van der Waals surface area contributed by atoms with E-state index in [1.807, 2.05) is 49.4 Å². The Labute approximate surface area is 217 Å². The van der Waals surface area contributed by atoms with E-state index in [1.165, 1.54) is 6.42 Å². The average molecular weight is 503 g/mol. The summed E-state index contributed by atoms with van der Waals surface area (Å²) in [6, 6.07) is 20.3. The minimum Gasteiger partial charge on any atom is -0.465 e. The second kappa shape index (κ2) is 8.67. The molecule has 4 aliphatic heterocycles. The third-order valence-electron chi connectivity index (χ3n) is 9.16. The van der Waals surface area contributed by atoms with Crippen LogP contribution in [0.3, 0.4) is 0 Å². The smallest absolute Gasteiger partial charge is 0.205 e. The van der Waals surface area contributed by atoms with Gasteiger partial charge in [0.05, 0.1) is 11.4 Å². The highest BCUT2D eigenvalue weighted by molar-refractivity contribution is 5.68. The van der Waals surface area contributed by atoms with E-state index >= 15 is 0 Å². The van der Waals surface area contributed by atoms with Crippen molar-refractivity contribution in [1.82, 2.24) is 10.2 Å².